The van der Waals surface area contributed by atoms with Crippen LogP contribution in [0.4, 0.5) is 20.7 Å². The standard InChI is InChI=1S/C23H31FN6O2/c1-3-32-23(31)30-10-8-18(9-11-30)26-22-20(24)16-25-21(27-22)17-4-6-19(7-5-17)29-14-12-28(2)13-15-29/h4-7,16,18H,3,8-15H2,1-2H3,(H,25,26,27). The highest BCUT2D eigenvalue weighted by Crippen LogP contribution is 2.24. The Morgan fingerprint density at radius 1 is 1.12 bits per heavy atom. The molecule has 32 heavy (non-hydrogen) atoms. The van der Waals surface area contributed by atoms with Crippen LogP contribution in [-0.4, -0.2) is 84.8 Å². The maximum absolute atomic E-state index is 14.4. The molecule has 0 radical (unpaired) electrons. The van der Waals surface area contributed by atoms with E-state index in [0.717, 1.165) is 31.7 Å². The summed E-state index contributed by atoms with van der Waals surface area (Å²) in [5.74, 6) is 0.214. The van der Waals surface area contributed by atoms with E-state index in [2.05, 4.69) is 44.3 Å². The summed E-state index contributed by atoms with van der Waals surface area (Å²) in [4.78, 5) is 26.9. The first-order chi connectivity index (χ1) is 15.5. The van der Waals surface area contributed by atoms with Crippen molar-refractivity contribution in [2.45, 2.75) is 25.8 Å². The zero-order valence-electron chi connectivity index (χ0n) is 18.8. The van der Waals surface area contributed by atoms with Crippen molar-refractivity contribution < 1.29 is 13.9 Å². The molecule has 1 aromatic carbocycles. The van der Waals surface area contributed by atoms with E-state index >= 15 is 0 Å². The number of benzene rings is 1. The molecule has 0 aliphatic carbocycles. The number of piperidine rings is 1. The normalized spacial score (nSPS) is 18.0. The number of nitrogens with one attached hydrogen (secondary N) is 1. The van der Waals surface area contributed by atoms with Gasteiger partial charge in [-0.3, -0.25) is 0 Å². The van der Waals surface area contributed by atoms with E-state index in [4.69, 9.17) is 4.74 Å². The summed E-state index contributed by atoms with van der Waals surface area (Å²) < 4.78 is 19.5. The molecule has 0 unspecified atom stereocenters. The van der Waals surface area contributed by atoms with Crippen molar-refractivity contribution >= 4 is 17.6 Å². The van der Waals surface area contributed by atoms with Gasteiger partial charge in [-0.25, -0.2) is 19.2 Å². The van der Waals surface area contributed by atoms with Gasteiger partial charge < -0.3 is 24.8 Å². The van der Waals surface area contributed by atoms with Gasteiger partial charge >= 0.3 is 6.09 Å². The Balaban J connectivity index is 1.39. The number of piperazine rings is 1. The third-order valence-corrected chi connectivity index (χ3v) is 6.10. The number of carbonyl (C=O) groups excluding carboxylic acids is 1. The molecule has 9 heteroatoms. The second kappa shape index (κ2) is 10.1. The lowest BCUT2D eigenvalue weighted by atomic mass is 10.1. The summed E-state index contributed by atoms with van der Waals surface area (Å²) in [5, 5.41) is 3.20. The number of hydrogen-bond acceptors (Lipinski definition) is 7. The smallest absolute Gasteiger partial charge is 0.409 e. The van der Waals surface area contributed by atoms with Crippen molar-refractivity contribution in [3.05, 3.63) is 36.3 Å². The van der Waals surface area contributed by atoms with Gasteiger partial charge in [0.2, 0.25) is 0 Å². The molecule has 2 aromatic rings. The first-order valence-corrected chi connectivity index (χ1v) is 11.3. The van der Waals surface area contributed by atoms with Gasteiger partial charge in [-0.2, -0.15) is 0 Å². The number of nitrogens with zero attached hydrogens (tertiary/aromatic N) is 5. The number of rotatable bonds is 5. The lowest BCUT2D eigenvalue weighted by Crippen LogP contribution is -2.44. The van der Waals surface area contributed by atoms with Crippen LogP contribution in [0.5, 0.6) is 0 Å². The molecule has 8 nitrogen and oxygen atoms in total. The summed E-state index contributed by atoms with van der Waals surface area (Å²) in [6.45, 7) is 7.42. The van der Waals surface area contributed by atoms with E-state index in [1.165, 1.54) is 11.9 Å². The van der Waals surface area contributed by atoms with Crippen LogP contribution in [0.2, 0.25) is 0 Å². The minimum atomic E-state index is -0.476. The zero-order chi connectivity index (χ0) is 22.5. The zero-order valence-corrected chi connectivity index (χ0v) is 18.8. The number of hydrogen-bond donors (Lipinski definition) is 1. The summed E-state index contributed by atoms with van der Waals surface area (Å²) in [5.41, 5.74) is 2.03. The average molecular weight is 443 g/mol. The van der Waals surface area contributed by atoms with Crippen molar-refractivity contribution in [2.24, 2.45) is 0 Å². The number of halogens is 1. The SMILES string of the molecule is CCOC(=O)N1CCC(Nc2nc(-c3ccc(N4CCN(C)CC4)cc3)ncc2F)CC1. The van der Waals surface area contributed by atoms with Gasteiger partial charge in [0.15, 0.2) is 17.5 Å². The topological polar surface area (TPSA) is 73.8 Å². The van der Waals surface area contributed by atoms with Crippen LogP contribution in [0, 0.1) is 5.82 Å². The fraction of sp³-hybridized carbons (Fsp3) is 0.522. The van der Waals surface area contributed by atoms with Crippen LogP contribution in [0.3, 0.4) is 0 Å². The first kappa shape index (κ1) is 22.3. The molecule has 2 saturated heterocycles. The molecule has 2 fully saturated rings. The van der Waals surface area contributed by atoms with Crippen LogP contribution in [-0.2, 0) is 4.74 Å². The predicted molar refractivity (Wildman–Crippen MR) is 122 cm³/mol. The Morgan fingerprint density at radius 2 is 1.81 bits per heavy atom. The quantitative estimate of drug-likeness (QED) is 0.763. The summed E-state index contributed by atoms with van der Waals surface area (Å²) in [7, 11) is 2.14. The molecule has 0 atom stereocenters. The fourth-order valence-corrected chi connectivity index (χ4v) is 4.11. The monoisotopic (exact) mass is 442 g/mol. The highest BCUT2D eigenvalue weighted by atomic mass is 19.1. The Bertz CT molecular complexity index is 909. The number of aromatic nitrogens is 2. The third kappa shape index (κ3) is 5.27. The van der Waals surface area contributed by atoms with Crippen molar-refractivity contribution in [2.75, 3.05) is 63.1 Å². The van der Waals surface area contributed by atoms with E-state index in [0.29, 0.717) is 38.4 Å². The average Bonchev–Trinajstić information content (AvgIpc) is 2.82. The second-order valence-corrected chi connectivity index (χ2v) is 8.33. The number of carbonyl (C=O) groups is 1. The maximum atomic E-state index is 14.4. The van der Waals surface area contributed by atoms with E-state index in [1.807, 2.05) is 12.1 Å². The summed E-state index contributed by atoms with van der Waals surface area (Å²) in [6.07, 6.45) is 2.34. The molecule has 2 aliphatic rings. The van der Waals surface area contributed by atoms with E-state index in [1.54, 1.807) is 11.8 Å². The van der Waals surface area contributed by atoms with Gasteiger partial charge in [-0.05, 0) is 51.1 Å². The van der Waals surface area contributed by atoms with Crippen molar-refractivity contribution in [3.63, 3.8) is 0 Å². The molecule has 0 bridgehead atoms. The number of anilines is 2. The Labute approximate surface area is 188 Å². The molecule has 2 aliphatic heterocycles. The molecule has 172 valence electrons. The highest BCUT2D eigenvalue weighted by Gasteiger charge is 2.24. The maximum Gasteiger partial charge on any atom is 0.409 e. The molecule has 0 saturated carbocycles. The first-order valence-electron chi connectivity index (χ1n) is 11.3. The fourth-order valence-electron chi connectivity index (χ4n) is 4.11. The number of likely N-dealkylation sites (N-methyl/N-ethyl adjacent to an activating group) is 1. The molecule has 1 aromatic heterocycles. The Kier molecular flexibility index (Phi) is 7.04. The summed E-state index contributed by atoms with van der Waals surface area (Å²) in [6, 6.07) is 8.17. The minimum absolute atomic E-state index is 0.0394. The molecule has 4 rings (SSSR count). The highest BCUT2D eigenvalue weighted by molar-refractivity contribution is 5.67. The summed E-state index contributed by atoms with van der Waals surface area (Å²) >= 11 is 0. The van der Waals surface area contributed by atoms with E-state index in [-0.39, 0.29) is 18.0 Å². The molecule has 3 heterocycles. The third-order valence-electron chi connectivity index (χ3n) is 6.10. The molecular weight excluding hydrogens is 411 g/mol. The van der Waals surface area contributed by atoms with Crippen LogP contribution in [0.1, 0.15) is 19.8 Å². The van der Waals surface area contributed by atoms with Crippen molar-refractivity contribution in [1.82, 2.24) is 19.8 Å². The van der Waals surface area contributed by atoms with E-state index in [9.17, 15) is 9.18 Å². The van der Waals surface area contributed by atoms with Crippen LogP contribution in [0.15, 0.2) is 30.5 Å². The second-order valence-electron chi connectivity index (χ2n) is 8.33. The molecule has 1 amide bonds. The predicted octanol–water partition coefficient (Wildman–Crippen LogP) is 3.07. The molecule has 1 N–H and O–H groups in total. The Hall–Kier alpha value is -2.94. The lowest BCUT2D eigenvalue weighted by molar-refractivity contribution is 0.0983. The molecule has 0 spiro atoms. The number of amides is 1. The van der Waals surface area contributed by atoms with Crippen LogP contribution in [0.25, 0.3) is 11.4 Å². The van der Waals surface area contributed by atoms with Gasteiger partial charge in [0.25, 0.3) is 0 Å². The van der Waals surface area contributed by atoms with E-state index < -0.39 is 5.82 Å². The lowest BCUT2D eigenvalue weighted by Gasteiger charge is -2.34. The minimum Gasteiger partial charge on any atom is -0.450 e. The van der Waals surface area contributed by atoms with Crippen LogP contribution < -0.4 is 10.2 Å². The van der Waals surface area contributed by atoms with Gasteiger partial charge in [-0.15, -0.1) is 0 Å². The van der Waals surface area contributed by atoms with Crippen LogP contribution >= 0.6 is 0 Å². The van der Waals surface area contributed by atoms with Gasteiger partial charge in [-0.1, -0.05) is 0 Å². The van der Waals surface area contributed by atoms with Crippen molar-refractivity contribution in [3.8, 4) is 11.4 Å². The largest absolute Gasteiger partial charge is 0.450 e. The Morgan fingerprint density at radius 3 is 2.47 bits per heavy atom. The number of ether oxygens (including phenoxy) is 1. The van der Waals surface area contributed by atoms with Gasteiger partial charge in [0, 0.05) is 56.6 Å². The van der Waals surface area contributed by atoms with Gasteiger partial charge in [0.05, 0.1) is 12.8 Å². The van der Waals surface area contributed by atoms with Crippen molar-refractivity contribution in [1.29, 1.82) is 0 Å². The van der Waals surface area contributed by atoms with Gasteiger partial charge in [0.1, 0.15) is 0 Å². The number of likely N-dealkylation sites (tertiary alicyclic amines) is 1. The molecular formula is C23H31FN6O2.